The number of carbonyl (C=O) groups is 1. The molecule has 0 saturated carbocycles. The Morgan fingerprint density at radius 3 is 2.38 bits per heavy atom. The third-order valence-electron chi connectivity index (χ3n) is 2.11. The number of Topliss-reactive ketones (excluding diaryl/α,β-unsaturated/α-hetero) is 1. The second-order valence-electron chi connectivity index (χ2n) is 3.92. The van der Waals surface area contributed by atoms with Crippen molar-refractivity contribution in [1.29, 1.82) is 0 Å². The number of ether oxygens (including phenoxy) is 1. The summed E-state index contributed by atoms with van der Waals surface area (Å²) < 4.78 is 5.17. The number of ketones is 1. The van der Waals surface area contributed by atoms with E-state index >= 15 is 0 Å². The Morgan fingerprint density at radius 2 is 2.00 bits per heavy atom. The molecule has 0 N–H and O–H groups in total. The van der Waals surface area contributed by atoms with E-state index in [9.17, 15) is 4.79 Å². The molecule has 0 bridgehead atoms. The van der Waals surface area contributed by atoms with Crippen LogP contribution in [0, 0.1) is 5.92 Å². The van der Waals surface area contributed by atoms with Gasteiger partial charge in [0.15, 0.2) is 5.78 Å². The Balaban J connectivity index is 3.85. The van der Waals surface area contributed by atoms with Crippen molar-refractivity contribution in [3.05, 3.63) is 0 Å². The molecule has 0 saturated heterocycles. The lowest BCUT2D eigenvalue weighted by molar-refractivity contribution is -0.129. The summed E-state index contributed by atoms with van der Waals surface area (Å²) in [4.78, 5) is 11.5. The maximum Gasteiger partial charge on any atom is 0.161 e. The van der Waals surface area contributed by atoms with Crippen LogP contribution in [0.1, 0.15) is 46.5 Å². The summed E-state index contributed by atoms with van der Waals surface area (Å²) in [5.74, 6) is 0.786. The highest BCUT2D eigenvalue weighted by Gasteiger charge is 2.17. The normalized spacial score (nSPS) is 13.3. The lowest BCUT2D eigenvalue weighted by Gasteiger charge is -2.15. The fraction of sp³-hybridized carbons (Fsp3) is 0.909. The van der Waals surface area contributed by atoms with Gasteiger partial charge in [-0.3, -0.25) is 4.79 Å². The molecule has 0 aliphatic rings. The first-order valence-corrected chi connectivity index (χ1v) is 5.17. The predicted molar refractivity (Wildman–Crippen MR) is 54.8 cm³/mol. The molecule has 0 aromatic carbocycles. The van der Waals surface area contributed by atoms with Gasteiger partial charge in [0.2, 0.25) is 0 Å². The molecule has 0 radical (unpaired) electrons. The summed E-state index contributed by atoms with van der Waals surface area (Å²) in [6.45, 7) is 6.32. The quantitative estimate of drug-likeness (QED) is 0.611. The first-order valence-electron chi connectivity index (χ1n) is 5.17. The van der Waals surface area contributed by atoms with Crippen LogP contribution >= 0.6 is 0 Å². The van der Waals surface area contributed by atoms with Crippen LogP contribution in [0.3, 0.4) is 0 Å². The van der Waals surface area contributed by atoms with Crippen molar-refractivity contribution in [2.45, 2.75) is 52.6 Å². The molecule has 0 amide bonds. The number of methoxy groups -OCH3 is 1. The minimum absolute atomic E-state index is 0.174. The minimum atomic E-state index is -0.174. The molecule has 0 aliphatic carbocycles. The van der Waals surface area contributed by atoms with Gasteiger partial charge in [-0.1, -0.05) is 27.2 Å². The second kappa shape index (κ2) is 7.07. The Kier molecular flexibility index (Phi) is 6.87. The summed E-state index contributed by atoms with van der Waals surface area (Å²) >= 11 is 0. The van der Waals surface area contributed by atoms with Gasteiger partial charge in [-0.15, -0.1) is 0 Å². The number of carbonyl (C=O) groups excluding carboxylic acids is 1. The van der Waals surface area contributed by atoms with E-state index in [0.29, 0.717) is 12.3 Å². The van der Waals surface area contributed by atoms with E-state index in [1.54, 1.807) is 7.11 Å². The third-order valence-corrected chi connectivity index (χ3v) is 2.11. The first-order chi connectivity index (χ1) is 6.11. The standard InChI is InChI=1S/C11H22O2/c1-5-6-7-10(12)11(13-4)8-9(2)3/h9,11H,5-8H2,1-4H3. The summed E-state index contributed by atoms with van der Waals surface area (Å²) in [6.07, 6.45) is 3.40. The first kappa shape index (κ1) is 12.6. The summed E-state index contributed by atoms with van der Waals surface area (Å²) in [5.41, 5.74) is 0. The molecule has 0 aromatic rings. The summed E-state index contributed by atoms with van der Waals surface area (Å²) in [7, 11) is 1.62. The highest BCUT2D eigenvalue weighted by atomic mass is 16.5. The monoisotopic (exact) mass is 186 g/mol. The van der Waals surface area contributed by atoms with Crippen molar-refractivity contribution < 1.29 is 9.53 Å². The Labute approximate surface area is 81.7 Å². The number of unbranched alkanes of at least 4 members (excludes halogenated alkanes) is 1. The predicted octanol–water partition coefficient (Wildman–Crippen LogP) is 2.81. The van der Waals surface area contributed by atoms with Crippen LogP contribution in [0.5, 0.6) is 0 Å². The van der Waals surface area contributed by atoms with E-state index in [0.717, 1.165) is 19.3 Å². The van der Waals surface area contributed by atoms with Crippen LogP contribution in [0.15, 0.2) is 0 Å². The molecular weight excluding hydrogens is 164 g/mol. The van der Waals surface area contributed by atoms with E-state index in [4.69, 9.17) is 4.74 Å². The fourth-order valence-corrected chi connectivity index (χ4v) is 1.30. The van der Waals surface area contributed by atoms with Gasteiger partial charge in [0, 0.05) is 13.5 Å². The molecule has 0 heterocycles. The molecule has 78 valence electrons. The lowest BCUT2D eigenvalue weighted by atomic mass is 10.00. The zero-order valence-corrected chi connectivity index (χ0v) is 9.30. The van der Waals surface area contributed by atoms with E-state index < -0.39 is 0 Å². The molecule has 0 fully saturated rings. The smallest absolute Gasteiger partial charge is 0.161 e. The second-order valence-corrected chi connectivity index (χ2v) is 3.92. The number of hydrogen-bond donors (Lipinski definition) is 0. The lowest BCUT2D eigenvalue weighted by Crippen LogP contribution is -2.24. The van der Waals surface area contributed by atoms with Crippen molar-refractivity contribution in [3.63, 3.8) is 0 Å². The Morgan fingerprint density at radius 1 is 1.38 bits per heavy atom. The van der Waals surface area contributed by atoms with Gasteiger partial charge < -0.3 is 4.74 Å². The maximum atomic E-state index is 11.5. The fourth-order valence-electron chi connectivity index (χ4n) is 1.30. The zero-order valence-electron chi connectivity index (χ0n) is 9.30. The summed E-state index contributed by atoms with van der Waals surface area (Å²) in [5, 5.41) is 0. The van der Waals surface area contributed by atoms with Gasteiger partial charge in [-0.25, -0.2) is 0 Å². The highest BCUT2D eigenvalue weighted by Crippen LogP contribution is 2.11. The van der Waals surface area contributed by atoms with Gasteiger partial charge in [0.25, 0.3) is 0 Å². The average molecular weight is 186 g/mol. The van der Waals surface area contributed by atoms with E-state index in [1.807, 2.05) is 0 Å². The molecule has 0 rings (SSSR count). The van der Waals surface area contributed by atoms with Gasteiger partial charge in [-0.05, 0) is 18.8 Å². The molecule has 13 heavy (non-hydrogen) atoms. The Bertz CT molecular complexity index is 141. The van der Waals surface area contributed by atoms with Gasteiger partial charge in [0.1, 0.15) is 6.10 Å². The van der Waals surface area contributed by atoms with Crippen LogP contribution in [0.4, 0.5) is 0 Å². The van der Waals surface area contributed by atoms with Crippen molar-refractivity contribution >= 4 is 5.78 Å². The minimum Gasteiger partial charge on any atom is -0.374 e. The molecule has 2 nitrogen and oxygen atoms in total. The van der Waals surface area contributed by atoms with Crippen LogP contribution in [-0.2, 0) is 9.53 Å². The van der Waals surface area contributed by atoms with Crippen LogP contribution in [0.25, 0.3) is 0 Å². The van der Waals surface area contributed by atoms with Gasteiger partial charge in [0.05, 0.1) is 0 Å². The van der Waals surface area contributed by atoms with E-state index in [-0.39, 0.29) is 11.9 Å². The highest BCUT2D eigenvalue weighted by molar-refractivity contribution is 5.82. The van der Waals surface area contributed by atoms with Gasteiger partial charge in [-0.2, -0.15) is 0 Å². The third kappa shape index (κ3) is 5.81. The number of rotatable bonds is 7. The molecule has 1 unspecified atom stereocenters. The summed E-state index contributed by atoms with van der Waals surface area (Å²) in [6, 6.07) is 0. The van der Waals surface area contributed by atoms with Gasteiger partial charge >= 0.3 is 0 Å². The van der Waals surface area contributed by atoms with Crippen LogP contribution < -0.4 is 0 Å². The van der Waals surface area contributed by atoms with Crippen molar-refractivity contribution in [3.8, 4) is 0 Å². The number of hydrogen-bond acceptors (Lipinski definition) is 2. The maximum absolute atomic E-state index is 11.5. The largest absolute Gasteiger partial charge is 0.374 e. The molecule has 0 spiro atoms. The van der Waals surface area contributed by atoms with E-state index in [2.05, 4.69) is 20.8 Å². The molecule has 1 atom stereocenters. The molecular formula is C11H22O2. The topological polar surface area (TPSA) is 26.3 Å². The average Bonchev–Trinajstić information content (AvgIpc) is 2.09. The molecule has 2 heteroatoms. The van der Waals surface area contributed by atoms with Crippen LogP contribution in [0.2, 0.25) is 0 Å². The van der Waals surface area contributed by atoms with Crippen LogP contribution in [-0.4, -0.2) is 19.0 Å². The zero-order chi connectivity index (χ0) is 10.3. The van der Waals surface area contributed by atoms with Crippen molar-refractivity contribution in [1.82, 2.24) is 0 Å². The molecule has 0 aliphatic heterocycles. The van der Waals surface area contributed by atoms with E-state index in [1.165, 1.54) is 0 Å². The molecule has 0 aromatic heterocycles. The van der Waals surface area contributed by atoms with Crippen molar-refractivity contribution in [2.75, 3.05) is 7.11 Å². The Hall–Kier alpha value is -0.370. The SMILES string of the molecule is CCCCC(=O)C(CC(C)C)OC. The van der Waals surface area contributed by atoms with Crippen molar-refractivity contribution in [2.24, 2.45) is 5.92 Å².